The van der Waals surface area contributed by atoms with Crippen LogP contribution in [0.2, 0.25) is 5.82 Å². The lowest BCUT2D eigenvalue weighted by molar-refractivity contribution is 0.0527. The van der Waals surface area contributed by atoms with Gasteiger partial charge in [0.1, 0.15) is 0 Å². The van der Waals surface area contributed by atoms with Crippen molar-refractivity contribution < 1.29 is 9.84 Å². The summed E-state index contributed by atoms with van der Waals surface area (Å²) in [5.74, 6) is 0.0839. The molecule has 0 aromatic carbocycles. The maximum atomic E-state index is 9.65. The first-order valence-corrected chi connectivity index (χ1v) is 4.67. The van der Waals surface area contributed by atoms with Gasteiger partial charge in [-0.1, -0.05) is 24.9 Å². The van der Waals surface area contributed by atoms with Gasteiger partial charge in [0.05, 0.1) is 20.6 Å². The highest BCUT2D eigenvalue weighted by Gasteiger charge is 2.15. The number of ether oxygens (including phenoxy) is 1. The number of aliphatic hydroxyl groups is 1. The molecule has 0 spiro atoms. The van der Waals surface area contributed by atoms with Crippen LogP contribution in [-0.2, 0) is 4.74 Å². The molecule has 0 aliphatic heterocycles. The molecule has 2 nitrogen and oxygen atoms in total. The van der Waals surface area contributed by atoms with Gasteiger partial charge in [-0.05, 0) is 13.3 Å². The molecule has 0 aliphatic rings. The van der Waals surface area contributed by atoms with Crippen LogP contribution in [0.15, 0.2) is 12.2 Å². The maximum Gasteiger partial charge on any atom is 0.0756 e. The minimum atomic E-state index is -0.383. The third-order valence-electron chi connectivity index (χ3n) is 2.04. The van der Waals surface area contributed by atoms with E-state index in [0.29, 0.717) is 13.0 Å². The first-order valence-electron chi connectivity index (χ1n) is 4.67. The van der Waals surface area contributed by atoms with Crippen molar-refractivity contribution in [3.05, 3.63) is 12.2 Å². The zero-order valence-electron chi connectivity index (χ0n) is 8.73. The lowest BCUT2D eigenvalue weighted by Gasteiger charge is -2.20. The Bertz CT molecular complexity index is 148. The summed E-state index contributed by atoms with van der Waals surface area (Å²) < 4.78 is 4.95. The summed E-state index contributed by atoms with van der Waals surface area (Å²) in [6, 6.07) is 0. The molecule has 0 aromatic heterocycles. The van der Waals surface area contributed by atoms with E-state index in [9.17, 15) is 5.11 Å². The first-order chi connectivity index (χ1) is 6.11. The Labute approximate surface area is 82.4 Å². The van der Waals surface area contributed by atoms with Crippen molar-refractivity contribution in [1.29, 1.82) is 0 Å². The fourth-order valence-corrected chi connectivity index (χ4v) is 1.21. The van der Waals surface area contributed by atoms with Crippen LogP contribution in [-0.4, -0.2) is 32.8 Å². The molecule has 0 amide bonds. The highest BCUT2D eigenvalue weighted by molar-refractivity contribution is 6.12. The van der Waals surface area contributed by atoms with E-state index in [-0.39, 0.29) is 17.8 Å². The SMILES string of the molecule is [B][C@@H](/C=C\C)CC(O)C(C)COC. The van der Waals surface area contributed by atoms with E-state index in [2.05, 4.69) is 0 Å². The Balaban J connectivity index is 3.77. The van der Waals surface area contributed by atoms with E-state index in [1.54, 1.807) is 7.11 Å². The Morgan fingerprint density at radius 2 is 2.15 bits per heavy atom. The molecule has 2 unspecified atom stereocenters. The molecule has 0 rings (SSSR count). The van der Waals surface area contributed by atoms with Gasteiger partial charge in [0.25, 0.3) is 0 Å². The molecular formula is C10H19BO2. The van der Waals surface area contributed by atoms with Gasteiger partial charge in [0.15, 0.2) is 0 Å². The molecule has 0 fully saturated rings. The number of allylic oxidation sites excluding steroid dienone is 2. The van der Waals surface area contributed by atoms with Crippen molar-refractivity contribution in [2.24, 2.45) is 5.92 Å². The Morgan fingerprint density at radius 3 is 2.62 bits per heavy atom. The van der Waals surface area contributed by atoms with Crippen LogP contribution in [0.3, 0.4) is 0 Å². The van der Waals surface area contributed by atoms with Gasteiger partial charge in [0, 0.05) is 13.0 Å². The highest BCUT2D eigenvalue weighted by Crippen LogP contribution is 2.16. The smallest absolute Gasteiger partial charge is 0.0756 e. The van der Waals surface area contributed by atoms with Gasteiger partial charge < -0.3 is 9.84 Å². The standard InChI is InChI=1S/C10H19BO2/c1-4-5-9(11)6-10(12)8(2)7-13-3/h4-5,8-10,12H,6-7H2,1-3H3/b5-4-/t8?,9-,10?/m0/s1. The fourth-order valence-electron chi connectivity index (χ4n) is 1.21. The normalized spacial score (nSPS) is 18.8. The summed E-state index contributed by atoms with van der Waals surface area (Å²) in [5, 5.41) is 9.65. The summed E-state index contributed by atoms with van der Waals surface area (Å²) >= 11 is 0. The molecule has 13 heavy (non-hydrogen) atoms. The molecule has 0 saturated heterocycles. The Morgan fingerprint density at radius 1 is 1.54 bits per heavy atom. The number of rotatable bonds is 6. The molecule has 0 aliphatic carbocycles. The van der Waals surface area contributed by atoms with Gasteiger partial charge >= 0.3 is 0 Å². The minimum Gasteiger partial charge on any atom is -0.393 e. The van der Waals surface area contributed by atoms with Crippen LogP contribution in [0.1, 0.15) is 20.3 Å². The van der Waals surface area contributed by atoms with Crippen molar-refractivity contribution in [2.75, 3.05) is 13.7 Å². The van der Waals surface area contributed by atoms with Crippen LogP contribution >= 0.6 is 0 Å². The maximum absolute atomic E-state index is 9.65. The predicted octanol–water partition coefficient (Wildman–Crippen LogP) is 1.55. The second-order valence-corrected chi connectivity index (χ2v) is 3.43. The molecule has 3 atom stereocenters. The quantitative estimate of drug-likeness (QED) is 0.498. The average molecular weight is 182 g/mol. The zero-order chi connectivity index (χ0) is 10.3. The monoisotopic (exact) mass is 182 g/mol. The van der Waals surface area contributed by atoms with Crippen molar-refractivity contribution in [2.45, 2.75) is 32.2 Å². The van der Waals surface area contributed by atoms with Crippen LogP contribution in [0, 0.1) is 5.92 Å². The van der Waals surface area contributed by atoms with E-state index in [0.717, 1.165) is 0 Å². The summed E-state index contributed by atoms with van der Waals surface area (Å²) in [4.78, 5) is 0. The Kier molecular flexibility index (Phi) is 7.01. The van der Waals surface area contributed by atoms with Crippen molar-refractivity contribution in [3.63, 3.8) is 0 Å². The van der Waals surface area contributed by atoms with Gasteiger partial charge in [-0.2, -0.15) is 0 Å². The van der Waals surface area contributed by atoms with Crippen LogP contribution in [0.5, 0.6) is 0 Å². The van der Waals surface area contributed by atoms with Crippen LogP contribution < -0.4 is 0 Å². The second-order valence-electron chi connectivity index (χ2n) is 3.43. The fraction of sp³-hybridized carbons (Fsp3) is 0.800. The van der Waals surface area contributed by atoms with Crippen molar-refractivity contribution >= 4 is 7.85 Å². The molecule has 0 saturated carbocycles. The highest BCUT2D eigenvalue weighted by atomic mass is 16.5. The van der Waals surface area contributed by atoms with Gasteiger partial charge in [-0.3, -0.25) is 0 Å². The zero-order valence-corrected chi connectivity index (χ0v) is 8.73. The second kappa shape index (κ2) is 7.16. The predicted molar refractivity (Wildman–Crippen MR) is 56.0 cm³/mol. The van der Waals surface area contributed by atoms with Gasteiger partial charge in [-0.25, -0.2) is 0 Å². The van der Waals surface area contributed by atoms with Crippen LogP contribution in [0.4, 0.5) is 0 Å². The van der Waals surface area contributed by atoms with E-state index in [1.807, 2.05) is 26.0 Å². The molecule has 0 bridgehead atoms. The molecule has 2 radical (unpaired) electrons. The lowest BCUT2D eigenvalue weighted by atomic mass is 9.80. The third kappa shape index (κ3) is 5.89. The molecule has 74 valence electrons. The van der Waals surface area contributed by atoms with Crippen molar-refractivity contribution in [1.82, 2.24) is 0 Å². The summed E-state index contributed by atoms with van der Waals surface area (Å²) in [6.07, 6.45) is 4.00. The number of methoxy groups -OCH3 is 1. The third-order valence-corrected chi connectivity index (χ3v) is 2.04. The van der Waals surface area contributed by atoms with E-state index < -0.39 is 0 Å². The number of aliphatic hydroxyl groups excluding tert-OH is 1. The number of hydrogen-bond acceptors (Lipinski definition) is 2. The van der Waals surface area contributed by atoms with E-state index in [4.69, 9.17) is 12.6 Å². The summed E-state index contributed by atoms with van der Waals surface area (Å²) in [5.41, 5.74) is 0. The van der Waals surface area contributed by atoms with E-state index in [1.165, 1.54) is 0 Å². The van der Waals surface area contributed by atoms with Gasteiger partial charge in [-0.15, -0.1) is 0 Å². The van der Waals surface area contributed by atoms with Gasteiger partial charge in [0.2, 0.25) is 0 Å². The van der Waals surface area contributed by atoms with E-state index >= 15 is 0 Å². The topological polar surface area (TPSA) is 29.5 Å². The molecular weight excluding hydrogens is 163 g/mol. The minimum absolute atomic E-state index is 0.0562. The number of hydrogen-bond donors (Lipinski definition) is 1. The average Bonchev–Trinajstić information content (AvgIpc) is 2.05. The summed E-state index contributed by atoms with van der Waals surface area (Å²) in [7, 11) is 7.37. The molecule has 0 heterocycles. The molecule has 0 aromatic rings. The largest absolute Gasteiger partial charge is 0.393 e. The summed E-state index contributed by atoms with van der Waals surface area (Å²) in [6.45, 7) is 4.45. The Hall–Kier alpha value is -0.275. The molecule has 1 N–H and O–H groups in total. The molecule has 3 heteroatoms. The van der Waals surface area contributed by atoms with Crippen molar-refractivity contribution in [3.8, 4) is 0 Å². The lowest BCUT2D eigenvalue weighted by Crippen LogP contribution is -2.23. The first kappa shape index (κ1) is 12.7. The van der Waals surface area contributed by atoms with Crippen LogP contribution in [0.25, 0.3) is 0 Å².